The summed E-state index contributed by atoms with van der Waals surface area (Å²) >= 11 is 0. The van der Waals surface area contributed by atoms with Crippen molar-refractivity contribution in [3.8, 4) is 17.1 Å². The van der Waals surface area contributed by atoms with E-state index in [0.29, 0.717) is 24.3 Å². The van der Waals surface area contributed by atoms with Crippen LogP contribution in [0, 0.1) is 5.92 Å². The molecule has 0 fully saturated rings. The Labute approximate surface area is 230 Å². The number of alkyl halides is 2. The topological polar surface area (TPSA) is 158 Å². The maximum absolute atomic E-state index is 14.2. The highest BCUT2D eigenvalue weighted by atomic mass is 19.3. The molecule has 40 heavy (non-hydrogen) atoms. The van der Waals surface area contributed by atoms with E-state index < -0.39 is 41.2 Å². The number of carbonyl (C=O) groups is 4. The molecular weight excluding hydrogens is 532 g/mol. The largest absolute Gasteiger partial charge is 0.494 e. The summed E-state index contributed by atoms with van der Waals surface area (Å²) in [5.74, 6) is -8.56. The first-order chi connectivity index (χ1) is 19.0. The SMILES string of the molecule is CCCCC[C@@H](C(=O)NCNC(=O)c1ccc(-c2cc(OCC)cc(C(F)(F)C(=O)O)c2)o1)[C@@H](CC)N(O)C=O. The summed E-state index contributed by atoms with van der Waals surface area (Å²) in [5.41, 5.74) is -0.751. The van der Waals surface area contributed by atoms with Gasteiger partial charge >= 0.3 is 11.9 Å². The summed E-state index contributed by atoms with van der Waals surface area (Å²) in [4.78, 5) is 47.6. The number of hydrogen-bond donors (Lipinski definition) is 4. The van der Waals surface area contributed by atoms with E-state index in [1.807, 2.05) is 6.92 Å². The molecule has 1 aromatic heterocycles. The third-order valence-electron chi connectivity index (χ3n) is 6.26. The average Bonchev–Trinajstić information content (AvgIpc) is 3.43. The van der Waals surface area contributed by atoms with Crippen molar-refractivity contribution < 1.29 is 47.4 Å². The van der Waals surface area contributed by atoms with Gasteiger partial charge in [0.15, 0.2) is 5.76 Å². The molecule has 0 saturated carbocycles. The zero-order valence-electron chi connectivity index (χ0n) is 22.6. The Bertz CT molecular complexity index is 1170. The van der Waals surface area contributed by atoms with Gasteiger partial charge in [0.25, 0.3) is 5.91 Å². The van der Waals surface area contributed by atoms with Crippen LogP contribution in [-0.2, 0) is 20.3 Å². The Morgan fingerprint density at radius 1 is 1.12 bits per heavy atom. The van der Waals surface area contributed by atoms with Gasteiger partial charge in [0.05, 0.1) is 25.2 Å². The van der Waals surface area contributed by atoms with Crippen LogP contribution in [-0.4, -0.2) is 58.9 Å². The van der Waals surface area contributed by atoms with Gasteiger partial charge in [-0.05, 0) is 50.1 Å². The quantitative estimate of drug-likeness (QED) is 0.0730. The molecule has 2 rings (SSSR count). The Morgan fingerprint density at radius 3 is 2.45 bits per heavy atom. The van der Waals surface area contributed by atoms with Gasteiger partial charge in [0.1, 0.15) is 11.5 Å². The van der Waals surface area contributed by atoms with Crippen molar-refractivity contribution in [1.29, 1.82) is 0 Å². The molecule has 2 aromatic rings. The lowest BCUT2D eigenvalue weighted by Crippen LogP contribution is -2.47. The molecule has 0 radical (unpaired) electrons. The Balaban J connectivity index is 2.13. The van der Waals surface area contributed by atoms with E-state index in [-0.39, 0.29) is 42.5 Å². The Hall–Kier alpha value is -4.00. The van der Waals surface area contributed by atoms with Crippen molar-refractivity contribution in [2.24, 2.45) is 5.92 Å². The van der Waals surface area contributed by atoms with Crippen LogP contribution >= 0.6 is 0 Å². The van der Waals surface area contributed by atoms with Crippen molar-refractivity contribution in [2.45, 2.75) is 64.8 Å². The molecule has 0 bridgehead atoms. The van der Waals surface area contributed by atoms with Crippen molar-refractivity contribution in [1.82, 2.24) is 15.7 Å². The summed E-state index contributed by atoms with van der Waals surface area (Å²) in [6.45, 7) is 5.24. The van der Waals surface area contributed by atoms with Crippen molar-refractivity contribution in [3.63, 3.8) is 0 Å². The number of halogens is 2. The molecule has 2 atom stereocenters. The fourth-order valence-corrected chi connectivity index (χ4v) is 4.19. The Kier molecular flexibility index (Phi) is 12.1. The monoisotopic (exact) mass is 567 g/mol. The predicted octanol–water partition coefficient (Wildman–Crippen LogP) is 4.15. The molecule has 220 valence electrons. The van der Waals surface area contributed by atoms with E-state index in [1.165, 1.54) is 18.2 Å². The summed E-state index contributed by atoms with van der Waals surface area (Å²) in [7, 11) is 0. The summed E-state index contributed by atoms with van der Waals surface area (Å²) in [6.07, 6.45) is 3.52. The molecule has 4 N–H and O–H groups in total. The number of rotatable bonds is 17. The van der Waals surface area contributed by atoms with E-state index in [0.717, 1.165) is 25.0 Å². The zero-order valence-corrected chi connectivity index (χ0v) is 22.6. The van der Waals surface area contributed by atoms with Gasteiger partial charge < -0.3 is 24.9 Å². The van der Waals surface area contributed by atoms with Gasteiger partial charge in [-0.25, -0.2) is 9.86 Å². The number of ether oxygens (including phenoxy) is 1. The number of unbranched alkanes of at least 4 members (excludes halogenated alkanes) is 2. The minimum atomic E-state index is -4.18. The fraction of sp³-hybridized carbons (Fsp3) is 0.481. The highest BCUT2D eigenvalue weighted by molar-refractivity contribution is 5.92. The van der Waals surface area contributed by atoms with Crippen LogP contribution in [0.1, 0.15) is 69.0 Å². The van der Waals surface area contributed by atoms with Gasteiger partial charge in [-0.15, -0.1) is 0 Å². The lowest BCUT2D eigenvalue weighted by atomic mass is 9.90. The molecule has 0 aliphatic heterocycles. The van der Waals surface area contributed by atoms with Crippen LogP contribution in [0.2, 0.25) is 0 Å². The molecule has 3 amide bonds. The highest BCUT2D eigenvalue weighted by Crippen LogP contribution is 2.35. The number of amides is 3. The maximum atomic E-state index is 14.2. The van der Waals surface area contributed by atoms with Crippen LogP contribution in [0.4, 0.5) is 8.78 Å². The summed E-state index contributed by atoms with van der Waals surface area (Å²) in [6, 6.07) is 5.14. The van der Waals surface area contributed by atoms with Crippen LogP contribution in [0.5, 0.6) is 5.75 Å². The van der Waals surface area contributed by atoms with E-state index in [9.17, 15) is 33.2 Å². The second-order valence-electron chi connectivity index (χ2n) is 9.01. The van der Waals surface area contributed by atoms with Crippen molar-refractivity contribution in [2.75, 3.05) is 13.3 Å². The van der Waals surface area contributed by atoms with Gasteiger partial charge in [-0.2, -0.15) is 8.78 Å². The maximum Gasteiger partial charge on any atom is 0.379 e. The average molecular weight is 568 g/mol. The molecule has 0 saturated heterocycles. The first-order valence-electron chi connectivity index (χ1n) is 13.0. The number of hydroxylamine groups is 2. The zero-order chi connectivity index (χ0) is 29.9. The second kappa shape index (κ2) is 15.0. The third-order valence-corrected chi connectivity index (χ3v) is 6.26. The number of nitrogens with one attached hydrogen (secondary N) is 2. The molecule has 0 aliphatic rings. The van der Waals surface area contributed by atoms with E-state index in [1.54, 1.807) is 13.8 Å². The molecule has 0 spiro atoms. The van der Waals surface area contributed by atoms with Crippen LogP contribution < -0.4 is 15.4 Å². The van der Waals surface area contributed by atoms with E-state index >= 15 is 0 Å². The standard InChI is InChI=1S/C27H35F2N3O8/c1-4-7-8-9-20(21(5-2)32(38)16-33)24(34)30-15-31-25(35)23-11-10-22(40-23)17-12-18(27(28,29)26(36)37)14-19(13-17)39-6-3/h10-14,16,20-21,38H,4-9,15H2,1-3H3,(H,30,34)(H,31,35)(H,36,37)/t20-,21-/m1/s1. The minimum Gasteiger partial charge on any atom is -0.494 e. The number of carboxylic acid groups (broad SMARTS) is 1. The normalized spacial score (nSPS) is 12.8. The number of hydrogen-bond acceptors (Lipinski definition) is 7. The van der Waals surface area contributed by atoms with Gasteiger partial charge in [0.2, 0.25) is 12.3 Å². The molecule has 0 aliphatic carbocycles. The molecule has 11 nitrogen and oxygen atoms in total. The number of nitrogens with zero attached hydrogens (tertiary/aromatic N) is 1. The third kappa shape index (κ3) is 8.25. The molecule has 13 heteroatoms. The molecule has 1 heterocycles. The van der Waals surface area contributed by atoms with Gasteiger partial charge in [0, 0.05) is 11.1 Å². The number of carboxylic acids is 1. The number of aliphatic carboxylic acids is 1. The first kappa shape index (κ1) is 32.2. The van der Waals surface area contributed by atoms with Crippen LogP contribution in [0.3, 0.4) is 0 Å². The van der Waals surface area contributed by atoms with Crippen LogP contribution in [0.25, 0.3) is 11.3 Å². The lowest BCUT2D eigenvalue weighted by Gasteiger charge is -2.29. The summed E-state index contributed by atoms with van der Waals surface area (Å²) in [5, 5.41) is 24.4. The number of carbonyl (C=O) groups excluding carboxylic acids is 3. The van der Waals surface area contributed by atoms with Crippen LogP contribution in [0.15, 0.2) is 34.7 Å². The molecule has 0 unspecified atom stereocenters. The molecular formula is C27H35F2N3O8. The van der Waals surface area contributed by atoms with Gasteiger partial charge in [-0.1, -0.05) is 33.1 Å². The lowest BCUT2D eigenvalue weighted by molar-refractivity contribution is -0.168. The number of benzene rings is 1. The van der Waals surface area contributed by atoms with E-state index in [2.05, 4.69) is 10.6 Å². The number of furan rings is 1. The summed E-state index contributed by atoms with van der Waals surface area (Å²) < 4.78 is 39.2. The van der Waals surface area contributed by atoms with Crippen molar-refractivity contribution in [3.05, 3.63) is 41.7 Å². The highest BCUT2D eigenvalue weighted by Gasteiger charge is 2.41. The minimum absolute atomic E-state index is 0.00376. The van der Waals surface area contributed by atoms with E-state index in [4.69, 9.17) is 14.3 Å². The molecule has 1 aromatic carbocycles. The Morgan fingerprint density at radius 2 is 1.85 bits per heavy atom. The first-order valence-corrected chi connectivity index (χ1v) is 13.0. The fourth-order valence-electron chi connectivity index (χ4n) is 4.19. The predicted molar refractivity (Wildman–Crippen MR) is 139 cm³/mol. The second-order valence-corrected chi connectivity index (χ2v) is 9.01. The van der Waals surface area contributed by atoms with Crippen molar-refractivity contribution >= 4 is 24.2 Å². The van der Waals surface area contributed by atoms with Gasteiger partial charge in [-0.3, -0.25) is 19.6 Å². The smallest absolute Gasteiger partial charge is 0.379 e.